The largest absolute Gasteiger partial charge is 0.365 e. The first-order chi connectivity index (χ1) is 10.2. The van der Waals surface area contributed by atoms with Crippen molar-refractivity contribution in [3.8, 4) is 0 Å². The van der Waals surface area contributed by atoms with E-state index in [1.165, 1.54) is 0 Å². The topological polar surface area (TPSA) is 41.0 Å². The average Bonchev–Trinajstić information content (AvgIpc) is 2.54. The van der Waals surface area contributed by atoms with Gasteiger partial charge in [0, 0.05) is 18.8 Å². The van der Waals surface area contributed by atoms with E-state index in [1.54, 1.807) is 0 Å². The highest BCUT2D eigenvalue weighted by Crippen LogP contribution is 2.18. The van der Waals surface area contributed by atoms with Crippen molar-refractivity contribution in [3.05, 3.63) is 54.1 Å². The van der Waals surface area contributed by atoms with Gasteiger partial charge in [-0.2, -0.15) is 0 Å². The molecule has 0 aliphatic rings. The minimum Gasteiger partial charge on any atom is -0.365 e. The van der Waals surface area contributed by atoms with Gasteiger partial charge in [-0.1, -0.05) is 13.0 Å². The first-order valence-electron chi connectivity index (χ1n) is 7.58. The lowest BCUT2D eigenvalue weighted by atomic mass is 10.2. The van der Waals surface area contributed by atoms with Crippen molar-refractivity contribution in [2.45, 2.75) is 33.4 Å². The van der Waals surface area contributed by atoms with Crippen LogP contribution in [0.5, 0.6) is 0 Å². The molecule has 0 aliphatic carbocycles. The molecule has 1 N–H and O–H groups in total. The Kier molecular flexibility index (Phi) is 5.69. The number of rotatable bonds is 7. The van der Waals surface area contributed by atoms with Gasteiger partial charge < -0.3 is 10.2 Å². The lowest BCUT2D eigenvalue weighted by Gasteiger charge is -2.23. The summed E-state index contributed by atoms with van der Waals surface area (Å²) in [6.45, 7) is 9.08. The molecule has 21 heavy (non-hydrogen) atoms. The van der Waals surface area contributed by atoms with E-state index in [2.05, 4.69) is 59.2 Å². The number of hydrogen-bond acceptors (Lipinski definition) is 4. The molecule has 2 aromatic heterocycles. The first kappa shape index (κ1) is 15.4. The zero-order chi connectivity index (χ0) is 15.1. The zero-order valence-corrected chi connectivity index (χ0v) is 13.1. The summed E-state index contributed by atoms with van der Waals surface area (Å²) in [6.07, 6.45) is 3.79. The Morgan fingerprint density at radius 2 is 2.00 bits per heavy atom. The predicted octanol–water partition coefficient (Wildman–Crippen LogP) is 3.17. The second kappa shape index (κ2) is 7.74. The molecule has 0 radical (unpaired) electrons. The average molecular weight is 284 g/mol. The van der Waals surface area contributed by atoms with E-state index in [0.717, 1.165) is 36.7 Å². The van der Waals surface area contributed by atoms with Gasteiger partial charge in [-0.3, -0.25) is 9.97 Å². The first-order valence-corrected chi connectivity index (χ1v) is 7.58. The van der Waals surface area contributed by atoms with Gasteiger partial charge in [0.05, 0.1) is 29.8 Å². The molecule has 0 aromatic carbocycles. The van der Waals surface area contributed by atoms with E-state index in [0.29, 0.717) is 0 Å². The number of pyridine rings is 2. The van der Waals surface area contributed by atoms with Crippen LogP contribution in [0.1, 0.15) is 38.2 Å². The van der Waals surface area contributed by atoms with Gasteiger partial charge in [-0.15, -0.1) is 0 Å². The molecule has 0 amide bonds. The number of aromatic nitrogens is 2. The van der Waals surface area contributed by atoms with Crippen molar-refractivity contribution < 1.29 is 0 Å². The number of nitrogens with zero attached hydrogens (tertiary/aromatic N) is 3. The third-order valence-corrected chi connectivity index (χ3v) is 3.55. The van der Waals surface area contributed by atoms with Crippen molar-refractivity contribution in [2.24, 2.45) is 0 Å². The Bertz CT molecular complexity index is 524. The smallest absolute Gasteiger partial charge is 0.0602 e. The minimum atomic E-state index is 0.287. The van der Waals surface area contributed by atoms with E-state index < -0.39 is 0 Å². The minimum absolute atomic E-state index is 0.287. The third-order valence-electron chi connectivity index (χ3n) is 3.55. The van der Waals surface area contributed by atoms with Gasteiger partial charge in [0.25, 0.3) is 0 Å². The molecule has 1 atom stereocenters. The lowest BCUT2D eigenvalue weighted by molar-refractivity contribution is 0.583. The molecule has 4 nitrogen and oxygen atoms in total. The van der Waals surface area contributed by atoms with Crippen LogP contribution >= 0.6 is 0 Å². The SMILES string of the molecule is CCNC(C)c1ccc(N(CC)Cc2ccccn2)cn1. The standard InChI is InChI=1S/C17H24N4/c1-4-18-14(3)17-10-9-16(12-20-17)21(5-2)13-15-8-6-7-11-19-15/h6-12,14,18H,4-5,13H2,1-3H3. The van der Waals surface area contributed by atoms with Crippen molar-refractivity contribution in [1.29, 1.82) is 0 Å². The summed E-state index contributed by atoms with van der Waals surface area (Å²) in [4.78, 5) is 11.2. The quantitative estimate of drug-likeness (QED) is 0.848. The molecule has 2 aromatic rings. The highest BCUT2D eigenvalue weighted by atomic mass is 15.1. The second-order valence-electron chi connectivity index (χ2n) is 5.06. The maximum absolute atomic E-state index is 4.58. The van der Waals surface area contributed by atoms with Gasteiger partial charge in [-0.25, -0.2) is 0 Å². The summed E-state index contributed by atoms with van der Waals surface area (Å²) in [5, 5.41) is 3.38. The molecular weight excluding hydrogens is 260 g/mol. The lowest BCUT2D eigenvalue weighted by Crippen LogP contribution is -2.23. The summed E-state index contributed by atoms with van der Waals surface area (Å²) < 4.78 is 0. The summed E-state index contributed by atoms with van der Waals surface area (Å²) in [5.41, 5.74) is 3.29. The van der Waals surface area contributed by atoms with Crippen LogP contribution in [0.4, 0.5) is 5.69 Å². The van der Waals surface area contributed by atoms with Gasteiger partial charge >= 0.3 is 0 Å². The van der Waals surface area contributed by atoms with Crippen LogP contribution in [0, 0.1) is 0 Å². The second-order valence-corrected chi connectivity index (χ2v) is 5.06. The predicted molar refractivity (Wildman–Crippen MR) is 87.3 cm³/mol. The highest BCUT2D eigenvalue weighted by Gasteiger charge is 2.09. The summed E-state index contributed by atoms with van der Waals surface area (Å²) in [5.74, 6) is 0. The summed E-state index contributed by atoms with van der Waals surface area (Å²) in [7, 11) is 0. The summed E-state index contributed by atoms with van der Waals surface area (Å²) in [6, 6.07) is 10.5. The fraction of sp³-hybridized carbons (Fsp3) is 0.412. The molecule has 0 spiro atoms. The molecule has 4 heteroatoms. The Hall–Kier alpha value is -1.94. The van der Waals surface area contributed by atoms with Gasteiger partial charge in [0.15, 0.2) is 0 Å². The van der Waals surface area contributed by atoms with Crippen LogP contribution in [-0.4, -0.2) is 23.1 Å². The molecule has 0 aliphatic heterocycles. The van der Waals surface area contributed by atoms with Crippen molar-refractivity contribution in [2.75, 3.05) is 18.0 Å². The number of nitrogens with one attached hydrogen (secondary N) is 1. The monoisotopic (exact) mass is 284 g/mol. The number of hydrogen-bond donors (Lipinski definition) is 1. The molecule has 0 bridgehead atoms. The van der Waals surface area contributed by atoms with Gasteiger partial charge in [0.1, 0.15) is 0 Å². The normalized spacial score (nSPS) is 12.1. The fourth-order valence-corrected chi connectivity index (χ4v) is 2.32. The van der Waals surface area contributed by atoms with Crippen LogP contribution in [0.25, 0.3) is 0 Å². The molecule has 112 valence electrons. The van der Waals surface area contributed by atoms with E-state index in [1.807, 2.05) is 24.5 Å². The molecule has 0 saturated carbocycles. The molecule has 1 unspecified atom stereocenters. The maximum atomic E-state index is 4.58. The Morgan fingerprint density at radius 1 is 1.14 bits per heavy atom. The number of anilines is 1. The van der Waals surface area contributed by atoms with E-state index in [-0.39, 0.29) is 6.04 Å². The van der Waals surface area contributed by atoms with Gasteiger partial charge in [-0.05, 0) is 44.7 Å². The van der Waals surface area contributed by atoms with Crippen LogP contribution < -0.4 is 10.2 Å². The van der Waals surface area contributed by atoms with E-state index in [9.17, 15) is 0 Å². The molecule has 0 saturated heterocycles. The zero-order valence-electron chi connectivity index (χ0n) is 13.1. The molecule has 0 fully saturated rings. The van der Waals surface area contributed by atoms with E-state index in [4.69, 9.17) is 0 Å². The Balaban J connectivity index is 2.08. The summed E-state index contributed by atoms with van der Waals surface area (Å²) >= 11 is 0. The van der Waals surface area contributed by atoms with Crippen LogP contribution in [0.3, 0.4) is 0 Å². The third kappa shape index (κ3) is 4.26. The highest BCUT2D eigenvalue weighted by molar-refractivity contribution is 5.45. The molecular formula is C17H24N4. The van der Waals surface area contributed by atoms with Crippen molar-refractivity contribution in [3.63, 3.8) is 0 Å². The Labute approximate surface area is 127 Å². The van der Waals surface area contributed by atoms with Crippen molar-refractivity contribution >= 4 is 5.69 Å². The van der Waals surface area contributed by atoms with Gasteiger partial charge in [0.2, 0.25) is 0 Å². The maximum Gasteiger partial charge on any atom is 0.0602 e. The van der Waals surface area contributed by atoms with Crippen LogP contribution in [-0.2, 0) is 6.54 Å². The Morgan fingerprint density at radius 3 is 2.57 bits per heavy atom. The van der Waals surface area contributed by atoms with Crippen LogP contribution in [0.2, 0.25) is 0 Å². The van der Waals surface area contributed by atoms with Crippen LogP contribution in [0.15, 0.2) is 42.7 Å². The molecule has 2 rings (SSSR count). The van der Waals surface area contributed by atoms with E-state index >= 15 is 0 Å². The fourth-order valence-electron chi connectivity index (χ4n) is 2.32. The molecule has 2 heterocycles. The van der Waals surface area contributed by atoms with Crippen molar-refractivity contribution in [1.82, 2.24) is 15.3 Å².